The van der Waals surface area contributed by atoms with E-state index in [0.717, 1.165) is 5.92 Å². The molecular formula is C13H20. The SMILES string of the molecule is CC1=C/C(=C/C2CC2)CC(C)(C)C1. The lowest BCUT2D eigenvalue weighted by Gasteiger charge is -2.30. The minimum absolute atomic E-state index is 0.500. The van der Waals surface area contributed by atoms with Crippen molar-refractivity contribution in [2.24, 2.45) is 11.3 Å². The Balaban J connectivity index is 2.15. The molecule has 2 aliphatic rings. The average molecular weight is 176 g/mol. The molecular weight excluding hydrogens is 156 g/mol. The first-order chi connectivity index (χ1) is 6.05. The first-order valence-corrected chi connectivity index (χ1v) is 5.43. The molecule has 0 aliphatic heterocycles. The Morgan fingerprint density at radius 3 is 2.54 bits per heavy atom. The molecule has 0 nitrogen and oxygen atoms in total. The summed E-state index contributed by atoms with van der Waals surface area (Å²) >= 11 is 0. The van der Waals surface area contributed by atoms with E-state index in [9.17, 15) is 0 Å². The van der Waals surface area contributed by atoms with Crippen LogP contribution >= 0.6 is 0 Å². The van der Waals surface area contributed by atoms with Gasteiger partial charge >= 0.3 is 0 Å². The van der Waals surface area contributed by atoms with Gasteiger partial charge in [0.15, 0.2) is 0 Å². The van der Waals surface area contributed by atoms with Crippen LogP contribution < -0.4 is 0 Å². The summed E-state index contributed by atoms with van der Waals surface area (Å²) in [4.78, 5) is 0. The van der Waals surface area contributed by atoms with Gasteiger partial charge in [0.25, 0.3) is 0 Å². The molecule has 0 aromatic carbocycles. The second-order valence-corrected chi connectivity index (χ2v) is 5.59. The zero-order chi connectivity index (χ0) is 9.47. The Hall–Kier alpha value is -0.520. The van der Waals surface area contributed by atoms with E-state index in [1.54, 1.807) is 11.1 Å². The van der Waals surface area contributed by atoms with Crippen LogP contribution in [0.15, 0.2) is 23.3 Å². The third-order valence-electron chi connectivity index (χ3n) is 2.94. The van der Waals surface area contributed by atoms with Gasteiger partial charge in [0.2, 0.25) is 0 Å². The summed E-state index contributed by atoms with van der Waals surface area (Å²) in [5, 5.41) is 0. The van der Waals surface area contributed by atoms with Gasteiger partial charge in [-0.1, -0.05) is 37.1 Å². The van der Waals surface area contributed by atoms with Crippen LogP contribution in [0.1, 0.15) is 46.5 Å². The van der Waals surface area contributed by atoms with E-state index >= 15 is 0 Å². The lowest BCUT2D eigenvalue weighted by Crippen LogP contribution is -2.16. The summed E-state index contributed by atoms with van der Waals surface area (Å²) < 4.78 is 0. The van der Waals surface area contributed by atoms with Gasteiger partial charge in [-0.05, 0) is 43.9 Å². The Labute approximate surface area is 81.7 Å². The van der Waals surface area contributed by atoms with Gasteiger partial charge in [0.1, 0.15) is 0 Å². The molecule has 0 atom stereocenters. The van der Waals surface area contributed by atoms with Crippen molar-refractivity contribution < 1.29 is 0 Å². The summed E-state index contributed by atoms with van der Waals surface area (Å²) in [6.45, 7) is 7.02. The molecule has 0 radical (unpaired) electrons. The van der Waals surface area contributed by atoms with Gasteiger partial charge in [0.05, 0.1) is 0 Å². The molecule has 0 bridgehead atoms. The van der Waals surface area contributed by atoms with Gasteiger partial charge in [-0.3, -0.25) is 0 Å². The fraction of sp³-hybridized carbons (Fsp3) is 0.692. The van der Waals surface area contributed by atoms with Gasteiger partial charge in [0, 0.05) is 0 Å². The van der Waals surface area contributed by atoms with Gasteiger partial charge in [-0.15, -0.1) is 0 Å². The maximum Gasteiger partial charge on any atom is -0.0227 e. The smallest absolute Gasteiger partial charge is 0.0227 e. The maximum atomic E-state index is 2.50. The number of allylic oxidation sites excluding steroid dienone is 4. The Bertz CT molecular complexity index is 262. The second-order valence-electron chi connectivity index (χ2n) is 5.59. The van der Waals surface area contributed by atoms with E-state index in [1.807, 2.05) is 0 Å². The van der Waals surface area contributed by atoms with Crippen LogP contribution in [0, 0.1) is 11.3 Å². The van der Waals surface area contributed by atoms with Crippen LogP contribution in [0.4, 0.5) is 0 Å². The highest BCUT2D eigenvalue weighted by Crippen LogP contribution is 2.40. The summed E-state index contributed by atoms with van der Waals surface area (Å²) in [6, 6.07) is 0. The first kappa shape index (κ1) is 9.05. The van der Waals surface area contributed by atoms with Gasteiger partial charge < -0.3 is 0 Å². The van der Waals surface area contributed by atoms with Crippen LogP contribution in [0.2, 0.25) is 0 Å². The summed E-state index contributed by atoms with van der Waals surface area (Å²) in [7, 11) is 0. The molecule has 0 unspecified atom stereocenters. The fourth-order valence-electron chi connectivity index (χ4n) is 2.46. The molecule has 0 N–H and O–H groups in total. The van der Waals surface area contributed by atoms with Crippen molar-refractivity contribution in [2.75, 3.05) is 0 Å². The minimum Gasteiger partial charge on any atom is -0.0782 e. The monoisotopic (exact) mass is 176 g/mol. The topological polar surface area (TPSA) is 0 Å². The zero-order valence-corrected chi connectivity index (χ0v) is 9.06. The van der Waals surface area contributed by atoms with Crippen molar-refractivity contribution >= 4 is 0 Å². The Morgan fingerprint density at radius 2 is 2.00 bits per heavy atom. The normalized spacial score (nSPS) is 30.4. The number of rotatable bonds is 1. The summed E-state index contributed by atoms with van der Waals surface area (Å²) in [5.74, 6) is 0.924. The molecule has 1 fully saturated rings. The standard InChI is InChI=1S/C13H20/c1-10-6-12(7-11-4-5-11)9-13(2,3)8-10/h6-7,11H,4-5,8-9H2,1-3H3/b12-7-. The van der Waals surface area contributed by atoms with Crippen molar-refractivity contribution in [3.8, 4) is 0 Å². The summed E-state index contributed by atoms with van der Waals surface area (Å²) in [5.41, 5.74) is 3.65. The fourth-order valence-corrected chi connectivity index (χ4v) is 2.46. The quantitative estimate of drug-likeness (QED) is 0.564. The molecule has 13 heavy (non-hydrogen) atoms. The molecule has 1 saturated carbocycles. The molecule has 2 aliphatic carbocycles. The Kier molecular flexibility index (Phi) is 2.09. The van der Waals surface area contributed by atoms with Crippen LogP contribution in [0.3, 0.4) is 0 Å². The van der Waals surface area contributed by atoms with Crippen LogP contribution in [0.25, 0.3) is 0 Å². The van der Waals surface area contributed by atoms with Crippen molar-refractivity contribution in [2.45, 2.75) is 46.5 Å². The average Bonchev–Trinajstić information content (AvgIpc) is 2.65. The molecule has 0 saturated heterocycles. The van der Waals surface area contributed by atoms with Crippen molar-refractivity contribution in [1.82, 2.24) is 0 Å². The predicted molar refractivity (Wildman–Crippen MR) is 57.6 cm³/mol. The van der Waals surface area contributed by atoms with Gasteiger partial charge in [-0.2, -0.15) is 0 Å². The van der Waals surface area contributed by atoms with E-state index in [0.29, 0.717) is 5.41 Å². The van der Waals surface area contributed by atoms with E-state index in [2.05, 4.69) is 32.9 Å². The third kappa shape index (κ3) is 2.46. The van der Waals surface area contributed by atoms with Crippen LogP contribution in [-0.2, 0) is 0 Å². The molecule has 72 valence electrons. The molecule has 0 amide bonds. The van der Waals surface area contributed by atoms with E-state index in [4.69, 9.17) is 0 Å². The molecule has 2 rings (SSSR count). The lowest BCUT2D eigenvalue weighted by atomic mass is 9.75. The number of hydrogen-bond donors (Lipinski definition) is 0. The largest absolute Gasteiger partial charge is 0.0782 e. The Morgan fingerprint density at radius 1 is 1.31 bits per heavy atom. The van der Waals surface area contributed by atoms with E-state index in [-0.39, 0.29) is 0 Å². The third-order valence-corrected chi connectivity index (χ3v) is 2.94. The molecule has 0 aromatic rings. The van der Waals surface area contributed by atoms with Crippen molar-refractivity contribution in [1.29, 1.82) is 0 Å². The molecule has 0 heteroatoms. The first-order valence-electron chi connectivity index (χ1n) is 5.43. The van der Waals surface area contributed by atoms with Crippen molar-refractivity contribution in [3.63, 3.8) is 0 Å². The predicted octanol–water partition coefficient (Wildman–Crippen LogP) is 4.09. The maximum absolute atomic E-state index is 2.50. The highest BCUT2D eigenvalue weighted by Gasteiger charge is 2.26. The van der Waals surface area contributed by atoms with Crippen LogP contribution in [-0.4, -0.2) is 0 Å². The number of hydrogen-bond acceptors (Lipinski definition) is 0. The van der Waals surface area contributed by atoms with E-state index in [1.165, 1.54) is 25.7 Å². The lowest BCUT2D eigenvalue weighted by molar-refractivity contribution is 0.351. The zero-order valence-electron chi connectivity index (χ0n) is 9.06. The highest BCUT2D eigenvalue weighted by atomic mass is 14.3. The van der Waals surface area contributed by atoms with E-state index < -0.39 is 0 Å². The molecule has 0 spiro atoms. The molecule has 0 heterocycles. The van der Waals surface area contributed by atoms with Crippen LogP contribution in [0.5, 0.6) is 0 Å². The van der Waals surface area contributed by atoms with Gasteiger partial charge in [-0.25, -0.2) is 0 Å². The second kappa shape index (κ2) is 3.01. The minimum atomic E-state index is 0.500. The van der Waals surface area contributed by atoms with Crippen molar-refractivity contribution in [3.05, 3.63) is 23.3 Å². The summed E-state index contributed by atoms with van der Waals surface area (Å²) in [6.07, 6.45) is 10.3. The highest BCUT2D eigenvalue weighted by molar-refractivity contribution is 5.30. The molecule has 0 aromatic heterocycles.